The number of aromatic amines is 1. The Balaban J connectivity index is 0.000000370. The van der Waals surface area contributed by atoms with Crippen molar-refractivity contribution >= 4 is 17.9 Å². The van der Waals surface area contributed by atoms with Gasteiger partial charge in [-0.15, -0.1) is 0 Å². The van der Waals surface area contributed by atoms with E-state index in [2.05, 4.69) is 14.7 Å². The number of nitrogens with two attached hydrogens (primary N) is 1. The number of carbonyl (C=O) groups excluding carboxylic acids is 1. The maximum absolute atomic E-state index is 10.3. The number of H-pyrrole nitrogens is 1. The summed E-state index contributed by atoms with van der Waals surface area (Å²) in [4.78, 5) is 36.6. The smallest absolute Gasteiger partial charge is 0.330 e. The van der Waals surface area contributed by atoms with Crippen LogP contribution in [0.5, 0.6) is 0 Å². The molecule has 0 fully saturated rings. The number of rotatable bonds is 5. The number of nitrogens with one attached hydrogen (secondary N) is 1. The fraction of sp³-hybridized carbons (Fsp3) is 0.273. The molecule has 110 valence electrons. The number of imidazole rings is 1. The summed E-state index contributed by atoms with van der Waals surface area (Å²) in [7, 11) is 1.18. The van der Waals surface area contributed by atoms with Crippen molar-refractivity contribution in [2.24, 2.45) is 5.73 Å². The van der Waals surface area contributed by atoms with E-state index in [-0.39, 0.29) is 6.42 Å². The topological polar surface area (TPSA) is 156 Å². The predicted octanol–water partition coefficient (Wildman–Crippen LogP) is -0.836. The molecular weight excluding hydrogens is 270 g/mol. The van der Waals surface area contributed by atoms with Crippen molar-refractivity contribution in [1.29, 1.82) is 0 Å². The fourth-order valence-electron chi connectivity index (χ4n) is 0.928. The average molecular weight is 285 g/mol. The fourth-order valence-corrected chi connectivity index (χ4v) is 0.928. The number of carbonyl (C=O) groups is 3. The van der Waals surface area contributed by atoms with E-state index in [1.54, 1.807) is 6.20 Å². The monoisotopic (exact) mass is 285 g/mol. The molecule has 0 unspecified atom stereocenters. The summed E-state index contributed by atoms with van der Waals surface area (Å²) in [5.74, 6) is -2.84. The quantitative estimate of drug-likeness (QED) is 0.403. The van der Waals surface area contributed by atoms with Gasteiger partial charge in [-0.25, -0.2) is 14.6 Å². The van der Waals surface area contributed by atoms with Crippen LogP contribution in [-0.4, -0.2) is 51.2 Å². The van der Waals surface area contributed by atoms with Gasteiger partial charge in [0, 0.05) is 30.5 Å². The molecule has 0 aliphatic carbocycles. The molecule has 1 aromatic rings. The molecule has 0 spiro atoms. The van der Waals surface area contributed by atoms with Crippen LogP contribution in [0.1, 0.15) is 5.69 Å². The molecule has 0 aliphatic heterocycles. The molecular formula is C11H15N3O6. The summed E-state index contributed by atoms with van der Waals surface area (Å²) in [6.07, 6.45) is 4.89. The van der Waals surface area contributed by atoms with Crippen LogP contribution < -0.4 is 5.73 Å². The lowest BCUT2D eigenvalue weighted by molar-refractivity contribution is -0.138. The molecule has 9 nitrogen and oxygen atoms in total. The first-order valence-corrected chi connectivity index (χ1v) is 5.31. The van der Waals surface area contributed by atoms with Gasteiger partial charge in [-0.2, -0.15) is 0 Å². The highest BCUT2D eigenvalue weighted by atomic mass is 16.5. The van der Waals surface area contributed by atoms with E-state index in [4.69, 9.17) is 15.9 Å². The summed E-state index contributed by atoms with van der Waals surface area (Å²) < 4.78 is 4.11. The van der Waals surface area contributed by atoms with Crippen molar-refractivity contribution < 1.29 is 29.3 Å². The van der Waals surface area contributed by atoms with Crippen molar-refractivity contribution in [3.63, 3.8) is 0 Å². The van der Waals surface area contributed by atoms with E-state index in [1.165, 1.54) is 13.4 Å². The number of hydrogen-bond acceptors (Lipinski definition) is 6. The molecule has 20 heavy (non-hydrogen) atoms. The Morgan fingerprint density at radius 3 is 2.50 bits per heavy atom. The number of ether oxygens (including phenoxy) is 1. The third kappa shape index (κ3) is 8.42. The van der Waals surface area contributed by atoms with Crippen LogP contribution in [0.3, 0.4) is 0 Å². The van der Waals surface area contributed by atoms with Gasteiger partial charge in [0.2, 0.25) is 0 Å². The molecule has 0 amide bonds. The molecule has 9 heteroatoms. The van der Waals surface area contributed by atoms with E-state index in [0.717, 1.165) is 11.8 Å². The van der Waals surface area contributed by atoms with Crippen LogP contribution in [0.4, 0.5) is 0 Å². The van der Waals surface area contributed by atoms with E-state index >= 15 is 0 Å². The van der Waals surface area contributed by atoms with Crippen LogP contribution in [0.2, 0.25) is 0 Å². The third-order valence-electron chi connectivity index (χ3n) is 1.88. The van der Waals surface area contributed by atoms with Crippen LogP contribution in [-0.2, 0) is 25.5 Å². The lowest BCUT2D eigenvalue weighted by Gasteiger charge is -2.02. The van der Waals surface area contributed by atoms with Gasteiger partial charge in [-0.1, -0.05) is 0 Å². The highest BCUT2D eigenvalue weighted by molar-refractivity contribution is 5.90. The zero-order valence-corrected chi connectivity index (χ0v) is 10.6. The Morgan fingerprint density at radius 1 is 1.45 bits per heavy atom. The number of aliphatic carboxylic acids is 2. The normalized spacial score (nSPS) is 11.3. The SMILES string of the molecule is COC(=O)/C=C/C(=O)O.N[C@@H](Cc1cnc[nH]1)C(=O)O. The van der Waals surface area contributed by atoms with Gasteiger partial charge in [0.15, 0.2) is 0 Å². The lowest BCUT2D eigenvalue weighted by atomic mass is 10.2. The molecule has 0 saturated carbocycles. The molecule has 1 aromatic heterocycles. The van der Waals surface area contributed by atoms with Crippen molar-refractivity contribution in [3.05, 3.63) is 30.4 Å². The van der Waals surface area contributed by atoms with E-state index in [9.17, 15) is 14.4 Å². The zero-order valence-electron chi connectivity index (χ0n) is 10.6. The van der Waals surface area contributed by atoms with Crippen LogP contribution in [0.25, 0.3) is 0 Å². The van der Waals surface area contributed by atoms with Gasteiger partial charge in [0.1, 0.15) is 6.04 Å². The minimum Gasteiger partial charge on any atom is -0.480 e. The number of carboxylic acids is 2. The van der Waals surface area contributed by atoms with Gasteiger partial charge >= 0.3 is 17.9 Å². The van der Waals surface area contributed by atoms with Crippen LogP contribution >= 0.6 is 0 Å². The molecule has 0 radical (unpaired) electrons. The van der Waals surface area contributed by atoms with Gasteiger partial charge in [0.25, 0.3) is 0 Å². The number of aromatic nitrogens is 2. The third-order valence-corrected chi connectivity index (χ3v) is 1.88. The summed E-state index contributed by atoms with van der Waals surface area (Å²) in [6, 6.07) is -0.851. The Bertz CT molecular complexity index is 469. The van der Waals surface area contributed by atoms with Crippen molar-refractivity contribution in [1.82, 2.24) is 9.97 Å². The molecule has 1 heterocycles. The van der Waals surface area contributed by atoms with Gasteiger partial charge in [0.05, 0.1) is 13.4 Å². The molecule has 0 aliphatic rings. The average Bonchev–Trinajstić information content (AvgIpc) is 2.89. The first-order chi connectivity index (χ1) is 9.36. The maximum Gasteiger partial charge on any atom is 0.330 e. The molecule has 1 atom stereocenters. The van der Waals surface area contributed by atoms with E-state index < -0.39 is 23.9 Å². The lowest BCUT2D eigenvalue weighted by Crippen LogP contribution is -2.32. The predicted molar refractivity (Wildman–Crippen MR) is 66.7 cm³/mol. The molecule has 0 saturated heterocycles. The summed E-state index contributed by atoms with van der Waals surface area (Å²) in [6.45, 7) is 0. The molecule has 5 N–H and O–H groups in total. The minimum absolute atomic E-state index is 0.287. The number of hydrogen-bond donors (Lipinski definition) is 4. The Morgan fingerprint density at radius 2 is 2.10 bits per heavy atom. The highest BCUT2D eigenvalue weighted by Gasteiger charge is 2.11. The van der Waals surface area contributed by atoms with E-state index in [0.29, 0.717) is 6.08 Å². The van der Waals surface area contributed by atoms with Crippen molar-refractivity contribution in [3.8, 4) is 0 Å². The Labute approximate surface area is 114 Å². The maximum atomic E-state index is 10.3. The number of nitrogens with zero attached hydrogens (tertiary/aromatic N) is 1. The number of methoxy groups -OCH3 is 1. The first kappa shape index (κ1) is 17.3. The van der Waals surface area contributed by atoms with Crippen LogP contribution in [0.15, 0.2) is 24.7 Å². The summed E-state index contributed by atoms with van der Waals surface area (Å²) in [5, 5.41) is 16.4. The highest BCUT2D eigenvalue weighted by Crippen LogP contribution is 1.95. The standard InChI is InChI=1S/C6H9N3O2.C5H6O4/c7-5(6(10)11)1-4-2-8-3-9-4;1-9-5(8)3-2-4(6)7/h2-3,5H,1,7H2,(H,8,9)(H,10,11);2-3H,1H3,(H,6,7)/b;3-2+/t5-;/m0./s1. The zero-order chi connectivity index (χ0) is 15.5. The summed E-state index contributed by atoms with van der Waals surface area (Å²) in [5.41, 5.74) is 6.00. The summed E-state index contributed by atoms with van der Waals surface area (Å²) >= 11 is 0. The Kier molecular flexibility index (Phi) is 8.03. The van der Waals surface area contributed by atoms with Gasteiger partial charge in [-0.3, -0.25) is 4.79 Å². The number of esters is 1. The van der Waals surface area contributed by atoms with Gasteiger partial charge in [-0.05, 0) is 0 Å². The molecule has 0 aromatic carbocycles. The largest absolute Gasteiger partial charge is 0.480 e. The second-order valence-corrected chi connectivity index (χ2v) is 3.42. The second kappa shape index (κ2) is 9.28. The van der Waals surface area contributed by atoms with Crippen molar-refractivity contribution in [2.45, 2.75) is 12.5 Å². The minimum atomic E-state index is -1.17. The number of carboxylic acid groups (broad SMARTS) is 2. The molecule has 0 bridgehead atoms. The van der Waals surface area contributed by atoms with Crippen LogP contribution in [0, 0.1) is 0 Å². The Hall–Kier alpha value is -2.68. The first-order valence-electron chi connectivity index (χ1n) is 5.31. The van der Waals surface area contributed by atoms with Gasteiger partial charge < -0.3 is 25.7 Å². The second-order valence-electron chi connectivity index (χ2n) is 3.42. The van der Waals surface area contributed by atoms with E-state index in [1.807, 2.05) is 0 Å². The van der Waals surface area contributed by atoms with Crippen molar-refractivity contribution in [2.75, 3.05) is 7.11 Å². The molecule has 1 rings (SSSR count).